The molecule has 0 bridgehead atoms. The predicted molar refractivity (Wildman–Crippen MR) is 66.3 cm³/mol. The van der Waals surface area contributed by atoms with Gasteiger partial charge < -0.3 is 19.2 Å². The van der Waals surface area contributed by atoms with Crippen LogP contribution < -0.4 is 14.9 Å². The highest BCUT2D eigenvalue weighted by molar-refractivity contribution is 5.82. The van der Waals surface area contributed by atoms with Crippen LogP contribution in [0.15, 0.2) is 23.0 Å². The number of aromatic amines is 1. The molecule has 1 N–H and O–H groups in total. The Hall–Kier alpha value is -2.01. The summed E-state index contributed by atoms with van der Waals surface area (Å²) < 4.78 is 16.0. The Balaban J connectivity index is 2.21. The van der Waals surface area contributed by atoms with Crippen LogP contribution in [0.5, 0.6) is 11.5 Å². The average molecular weight is 247 g/mol. The summed E-state index contributed by atoms with van der Waals surface area (Å²) in [6, 6.07) is 5.06. The van der Waals surface area contributed by atoms with Crippen molar-refractivity contribution >= 4 is 10.9 Å². The first kappa shape index (κ1) is 11.1. The maximum atomic E-state index is 12.0. The van der Waals surface area contributed by atoms with Gasteiger partial charge >= 0.3 is 0 Å². The fourth-order valence-electron chi connectivity index (χ4n) is 2.07. The molecule has 1 aromatic carbocycles. The Bertz CT molecular complexity index is 647. The number of hydrogen-bond acceptors (Lipinski definition) is 4. The van der Waals surface area contributed by atoms with Crippen molar-refractivity contribution < 1.29 is 14.2 Å². The van der Waals surface area contributed by atoms with Crippen molar-refractivity contribution in [1.82, 2.24) is 4.98 Å². The van der Waals surface area contributed by atoms with Crippen molar-refractivity contribution in [2.75, 3.05) is 20.3 Å². The summed E-state index contributed by atoms with van der Waals surface area (Å²) in [5.74, 6) is 1.29. The third kappa shape index (κ3) is 1.82. The van der Waals surface area contributed by atoms with E-state index in [4.69, 9.17) is 14.2 Å². The number of ether oxygens (including phenoxy) is 3. The molecule has 0 unspecified atom stereocenters. The zero-order valence-corrected chi connectivity index (χ0v) is 9.99. The average Bonchev–Trinajstić information content (AvgIpc) is 2.37. The van der Waals surface area contributed by atoms with Gasteiger partial charge in [-0.3, -0.25) is 4.79 Å². The number of fused-ring (bicyclic) bond motifs is 2. The van der Waals surface area contributed by atoms with Crippen molar-refractivity contribution in [3.63, 3.8) is 0 Å². The zero-order chi connectivity index (χ0) is 12.5. The van der Waals surface area contributed by atoms with Crippen LogP contribution in [0.2, 0.25) is 0 Å². The van der Waals surface area contributed by atoms with Crippen molar-refractivity contribution in [3.05, 3.63) is 34.1 Å². The normalized spacial score (nSPS) is 13.8. The van der Waals surface area contributed by atoms with E-state index in [2.05, 4.69) is 4.98 Å². The third-order valence-corrected chi connectivity index (χ3v) is 2.85. The molecule has 0 amide bonds. The molecule has 0 saturated heterocycles. The van der Waals surface area contributed by atoms with Crippen molar-refractivity contribution in [3.8, 4) is 11.5 Å². The maximum Gasteiger partial charge on any atom is 0.189 e. The zero-order valence-electron chi connectivity index (χ0n) is 9.99. The Morgan fingerprint density at radius 1 is 1.22 bits per heavy atom. The quantitative estimate of drug-likeness (QED) is 0.872. The van der Waals surface area contributed by atoms with Gasteiger partial charge in [0.2, 0.25) is 0 Å². The highest BCUT2D eigenvalue weighted by Gasteiger charge is 2.14. The second-order valence-electron chi connectivity index (χ2n) is 4.13. The molecule has 2 aromatic rings. The molecule has 18 heavy (non-hydrogen) atoms. The summed E-state index contributed by atoms with van der Waals surface area (Å²) in [6.45, 7) is 1.41. The van der Waals surface area contributed by atoms with Gasteiger partial charge in [0.25, 0.3) is 0 Å². The molecule has 0 fully saturated rings. The lowest BCUT2D eigenvalue weighted by atomic mass is 10.1. The third-order valence-electron chi connectivity index (χ3n) is 2.85. The lowest BCUT2D eigenvalue weighted by molar-refractivity contribution is 0.172. The van der Waals surface area contributed by atoms with Gasteiger partial charge in [-0.05, 0) is 6.07 Å². The summed E-state index contributed by atoms with van der Waals surface area (Å²) >= 11 is 0. The van der Waals surface area contributed by atoms with Crippen LogP contribution in [-0.2, 0) is 11.3 Å². The molecular formula is C13H13NO4. The van der Waals surface area contributed by atoms with E-state index in [0.29, 0.717) is 36.7 Å². The molecule has 2 heterocycles. The second kappa shape index (κ2) is 4.34. The minimum atomic E-state index is -0.0484. The number of rotatable bonds is 2. The SMILES string of the molecule is COCc1cc(=O)c2cc3c(cc2[nH]1)OCCO3. The Labute approximate surface area is 103 Å². The first-order valence-electron chi connectivity index (χ1n) is 5.72. The minimum Gasteiger partial charge on any atom is -0.486 e. The molecule has 0 radical (unpaired) electrons. The summed E-state index contributed by atoms with van der Waals surface area (Å²) in [5, 5.41) is 0.596. The monoisotopic (exact) mass is 247 g/mol. The van der Waals surface area contributed by atoms with E-state index in [-0.39, 0.29) is 5.43 Å². The minimum absolute atomic E-state index is 0.0484. The van der Waals surface area contributed by atoms with E-state index >= 15 is 0 Å². The molecule has 0 aliphatic carbocycles. The molecule has 5 nitrogen and oxygen atoms in total. The van der Waals surface area contributed by atoms with Gasteiger partial charge in [0.05, 0.1) is 12.1 Å². The predicted octanol–water partition coefficient (Wildman–Crippen LogP) is 1.45. The molecule has 1 aliphatic heterocycles. The number of nitrogens with one attached hydrogen (secondary N) is 1. The Morgan fingerprint density at radius 3 is 2.67 bits per heavy atom. The summed E-state index contributed by atoms with van der Waals surface area (Å²) in [4.78, 5) is 15.1. The molecule has 0 atom stereocenters. The molecule has 0 saturated carbocycles. The van der Waals surface area contributed by atoms with Gasteiger partial charge in [0.15, 0.2) is 16.9 Å². The van der Waals surface area contributed by atoms with E-state index in [1.165, 1.54) is 0 Å². The van der Waals surface area contributed by atoms with Crippen LogP contribution in [0.25, 0.3) is 10.9 Å². The van der Waals surface area contributed by atoms with Crippen LogP contribution in [-0.4, -0.2) is 25.3 Å². The molecule has 1 aliphatic rings. The smallest absolute Gasteiger partial charge is 0.189 e. The van der Waals surface area contributed by atoms with Crippen LogP contribution in [0, 0.1) is 0 Å². The number of hydrogen-bond donors (Lipinski definition) is 1. The van der Waals surface area contributed by atoms with Crippen LogP contribution in [0.3, 0.4) is 0 Å². The van der Waals surface area contributed by atoms with Gasteiger partial charge in [-0.1, -0.05) is 0 Å². The summed E-state index contributed by atoms with van der Waals surface area (Å²) in [5.41, 5.74) is 1.43. The number of H-pyrrole nitrogens is 1. The van der Waals surface area contributed by atoms with Crippen LogP contribution in [0.4, 0.5) is 0 Å². The van der Waals surface area contributed by atoms with E-state index < -0.39 is 0 Å². The Kier molecular flexibility index (Phi) is 2.68. The van der Waals surface area contributed by atoms with Crippen molar-refractivity contribution in [1.29, 1.82) is 0 Å². The second-order valence-corrected chi connectivity index (χ2v) is 4.13. The van der Waals surface area contributed by atoms with Gasteiger partial charge in [-0.25, -0.2) is 0 Å². The molecule has 3 rings (SSSR count). The van der Waals surface area contributed by atoms with E-state index in [1.807, 2.05) is 0 Å². The molecule has 0 spiro atoms. The topological polar surface area (TPSA) is 60.6 Å². The summed E-state index contributed by atoms with van der Waals surface area (Å²) in [7, 11) is 1.59. The number of methoxy groups -OCH3 is 1. The number of benzene rings is 1. The maximum absolute atomic E-state index is 12.0. The van der Waals surface area contributed by atoms with Crippen molar-refractivity contribution in [2.45, 2.75) is 6.61 Å². The molecular weight excluding hydrogens is 234 g/mol. The van der Waals surface area contributed by atoms with E-state index in [9.17, 15) is 4.79 Å². The molecule has 5 heteroatoms. The van der Waals surface area contributed by atoms with E-state index in [1.54, 1.807) is 25.3 Å². The highest BCUT2D eigenvalue weighted by atomic mass is 16.6. The van der Waals surface area contributed by atoms with Crippen molar-refractivity contribution in [2.24, 2.45) is 0 Å². The van der Waals surface area contributed by atoms with Crippen LogP contribution in [0.1, 0.15) is 5.69 Å². The van der Waals surface area contributed by atoms with Gasteiger partial charge in [0.1, 0.15) is 13.2 Å². The molecule has 1 aromatic heterocycles. The summed E-state index contributed by atoms with van der Waals surface area (Å²) in [6.07, 6.45) is 0. The molecule has 94 valence electrons. The Morgan fingerprint density at radius 2 is 1.94 bits per heavy atom. The van der Waals surface area contributed by atoms with Gasteiger partial charge in [0, 0.05) is 30.3 Å². The highest BCUT2D eigenvalue weighted by Crippen LogP contribution is 2.32. The van der Waals surface area contributed by atoms with Gasteiger partial charge in [-0.2, -0.15) is 0 Å². The fraction of sp³-hybridized carbons (Fsp3) is 0.308. The number of aromatic nitrogens is 1. The lowest BCUT2D eigenvalue weighted by Crippen LogP contribution is -2.16. The first-order chi connectivity index (χ1) is 8.78. The number of pyridine rings is 1. The first-order valence-corrected chi connectivity index (χ1v) is 5.72. The lowest BCUT2D eigenvalue weighted by Gasteiger charge is -2.18. The standard InChI is InChI=1S/C13H13NO4/c1-16-7-8-4-11(15)9-5-12-13(6-10(9)14-8)18-3-2-17-12/h4-6H,2-3,7H2,1H3,(H,14,15). The largest absolute Gasteiger partial charge is 0.486 e. The van der Waals surface area contributed by atoms with E-state index in [0.717, 1.165) is 11.2 Å². The fourth-order valence-corrected chi connectivity index (χ4v) is 2.07. The van der Waals surface area contributed by atoms with Gasteiger partial charge in [-0.15, -0.1) is 0 Å². The van der Waals surface area contributed by atoms with Crippen LogP contribution >= 0.6 is 0 Å².